The van der Waals surface area contributed by atoms with Gasteiger partial charge in [0.2, 0.25) is 0 Å². The molecule has 0 aliphatic carbocycles. The molecule has 0 aliphatic rings. The molecule has 0 aliphatic heterocycles. The van der Waals surface area contributed by atoms with Crippen molar-refractivity contribution in [3.8, 4) is 33.5 Å². The number of hydrogen-bond acceptors (Lipinski definition) is 7. The van der Waals surface area contributed by atoms with Crippen molar-refractivity contribution >= 4 is 23.1 Å². The lowest BCUT2D eigenvalue weighted by molar-refractivity contribution is 0.415. The van der Waals surface area contributed by atoms with E-state index in [4.69, 9.17) is 14.5 Å². The van der Waals surface area contributed by atoms with Gasteiger partial charge in [-0.3, -0.25) is 0 Å². The van der Waals surface area contributed by atoms with Crippen molar-refractivity contribution in [2.75, 3.05) is 14.2 Å². The first kappa shape index (κ1) is 19.5. The Morgan fingerprint density at radius 1 is 1.00 bits per heavy atom. The number of hydrogen-bond donors (Lipinski definition) is 0. The van der Waals surface area contributed by atoms with E-state index in [0.29, 0.717) is 0 Å². The smallest absolute Gasteiger partial charge is 0.191 e. The Hall–Kier alpha value is -2.84. The molecule has 0 radical (unpaired) electrons. The Morgan fingerprint density at radius 3 is 2.55 bits per heavy atom. The second-order valence-electron chi connectivity index (χ2n) is 6.23. The number of ether oxygens (including phenoxy) is 2. The number of rotatable bonds is 7. The molecule has 4 aromatic rings. The fourth-order valence-corrected chi connectivity index (χ4v) is 4.65. The molecule has 2 heterocycles. The van der Waals surface area contributed by atoms with Crippen LogP contribution in [0.2, 0.25) is 0 Å². The average molecular weight is 425 g/mol. The number of thioether (sulfide) groups is 1. The summed E-state index contributed by atoms with van der Waals surface area (Å²) in [6, 6.07) is 15.7. The van der Waals surface area contributed by atoms with Crippen LogP contribution in [-0.2, 0) is 12.8 Å². The highest BCUT2D eigenvalue weighted by Gasteiger charge is 2.14. The van der Waals surface area contributed by atoms with Crippen molar-refractivity contribution in [2.45, 2.75) is 10.9 Å². The molecule has 0 atom stereocenters. The summed E-state index contributed by atoms with van der Waals surface area (Å²) in [5.74, 6) is 3.20. The van der Waals surface area contributed by atoms with E-state index in [1.165, 1.54) is 0 Å². The summed E-state index contributed by atoms with van der Waals surface area (Å²) < 4.78 is 12.7. The molecule has 0 bridgehead atoms. The Bertz CT molecular complexity index is 1110. The number of thiazole rings is 1. The highest BCUT2D eigenvalue weighted by atomic mass is 32.2. The topological polar surface area (TPSA) is 62.1 Å². The highest BCUT2D eigenvalue weighted by Crippen LogP contribution is 2.33. The van der Waals surface area contributed by atoms with Gasteiger partial charge in [-0.15, -0.1) is 21.5 Å². The van der Waals surface area contributed by atoms with E-state index in [-0.39, 0.29) is 0 Å². The third-order valence-corrected chi connectivity index (χ3v) is 6.40. The third kappa shape index (κ3) is 4.13. The number of para-hydroxylation sites is 1. The van der Waals surface area contributed by atoms with Crippen LogP contribution in [0.1, 0.15) is 5.69 Å². The zero-order chi connectivity index (χ0) is 20.2. The van der Waals surface area contributed by atoms with Crippen LogP contribution >= 0.6 is 23.1 Å². The van der Waals surface area contributed by atoms with Crippen molar-refractivity contribution in [1.82, 2.24) is 19.7 Å². The van der Waals surface area contributed by atoms with Gasteiger partial charge in [-0.25, -0.2) is 4.98 Å². The highest BCUT2D eigenvalue weighted by molar-refractivity contribution is 7.98. The number of methoxy groups -OCH3 is 2. The molecular formula is C21H20N4O2S2. The van der Waals surface area contributed by atoms with Gasteiger partial charge in [0.15, 0.2) is 11.0 Å². The summed E-state index contributed by atoms with van der Waals surface area (Å²) in [4.78, 5) is 4.76. The fraction of sp³-hybridized carbons (Fsp3) is 0.190. The summed E-state index contributed by atoms with van der Waals surface area (Å²) in [5, 5.41) is 12.6. The maximum Gasteiger partial charge on any atom is 0.191 e. The first-order valence-electron chi connectivity index (χ1n) is 8.94. The van der Waals surface area contributed by atoms with Gasteiger partial charge in [0.1, 0.15) is 16.5 Å². The zero-order valence-corrected chi connectivity index (χ0v) is 18.0. The van der Waals surface area contributed by atoms with E-state index in [0.717, 1.165) is 50.1 Å². The first-order valence-corrected chi connectivity index (χ1v) is 10.8. The predicted octanol–water partition coefficient (Wildman–Crippen LogP) is 4.92. The molecule has 2 aromatic heterocycles. The van der Waals surface area contributed by atoms with Crippen molar-refractivity contribution in [3.63, 3.8) is 0 Å². The lowest BCUT2D eigenvalue weighted by Crippen LogP contribution is -1.95. The molecule has 0 saturated heterocycles. The van der Waals surface area contributed by atoms with Crippen LogP contribution in [0.4, 0.5) is 0 Å². The number of nitrogens with zero attached hydrogens (tertiary/aromatic N) is 4. The normalized spacial score (nSPS) is 10.9. The van der Waals surface area contributed by atoms with Crippen LogP contribution in [0.15, 0.2) is 59.1 Å². The Morgan fingerprint density at radius 2 is 1.79 bits per heavy atom. The van der Waals surface area contributed by atoms with Gasteiger partial charge in [0.25, 0.3) is 0 Å². The SMILES string of the molecule is COc1ccc(-c2nnc(SCc3csc(-c4ccccc4OC)n3)n2C)cc1. The standard InChI is InChI=1S/C21H20N4O2S2/c1-25-19(14-8-10-16(26-2)11-9-14)23-24-21(25)29-13-15-12-28-20(22-15)17-6-4-5-7-18(17)27-3/h4-12H,13H2,1-3H3. The van der Waals surface area contributed by atoms with E-state index >= 15 is 0 Å². The van der Waals surface area contributed by atoms with Crippen LogP contribution in [0.25, 0.3) is 22.0 Å². The second-order valence-corrected chi connectivity index (χ2v) is 8.03. The predicted molar refractivity (Wildman–Crippen MR) is 117 cm³/mol. The van der Waals surface area contributed by atoms with E-state index in [1.54, 1.807) is 37.3 Å². The van der Waals surface area contributed by atoms with Crippen LogP contribution in [0.5, 0.6) is 11.5 Å². The maximum atomic E-state index is 5.45. The molecule has 148 valence electrons. The summed E-state index contributed by atoms with van der Waals surface area (Å²) in [6.07, 6.45) is 0. The van der Waals surface area contributed by atoms with Gasteiger partial charge in [0.05, 0.1) is 25.5 Å². The van der Waals surface area contributed by atoms with Crippen molar-refractivity contribution in [3.05, 3.63) is 59.6 Å². The van der Waals surface area contributed by atoms with Crippen LogP contribution < -0.4 is 9.47 Å². The summed E-state index contributed by atoms with van der Waals surface area (Å²) >= 11 is 3.24. The fourth-order valence-electron chi connectivity index (χ4n) is 2.89. The number of aromatic nitrogens is 4. The van der Waals surface area contributed by atoms with Gasteiger partial charge >= 0.3 is 0 Å². The van der Waals surface area contributed by atoms with Gasteiger partial charge in [-0.1, -0.05) is 23.9 Å². The monoisotopic (exact) mass is 424 g/mol. The molecule has 6 nitrogen and oxygen atoms in total. The molecule has 2 aromatic carbocycles. The van der Waals surface area contributed by atoms with E-state index in [2.05, 4.69) is 15.6 Å². The van der Waals surface area contributed by atoms with E-state index < -0.39 is 0 Å². The van der Waals surface area contributed by atoms with Crippen molar-refractivity contribution in [2.24, 2.45) is 7.05 Å². The maximum absolute atomic E-state index is 5.45. The molecule has 0 amide bonds. The lowest BCUT2D eigenvalue weighted by Gasteiger charge is -2.05. The van der Waals surface area contributed by atoms with Gasteiger partial charge in [-0.05, 0) is 36.4 Å². The minimum Gasteiger partial charge on any atom is -0.497 e. The van der Waals surface area contributed by atoms with Gasteiger partial charge in [-0.2, -0.15) is 0 Å². The molecule has 0 fully saturated rings. The Balaban J connectivity index is 1.47. The van der Waals surface area contributed by atoms with Crippen LogP contribution in [0, 0.1) is 0 Å². The molecular weight excluding hydrogens is 404 g/mol. The minimum atomic E-state index is 0.722. The zero-order valence-electron chi connectivity index (χ0n) is 16.3. The van der Waals surface area contributed by atoms with E-state index in [1.807, 2.05) is 60.1 Å². The third-order valence-electron chi connectivity index (χ3n) is 4.42. The molecule has 0 saturated carbocycles. The summed E-state index contributed by atoms with van der Waals surface area (Å²) in [7, 11) is 5.31. The molecule has 0 spiro atoms. The Labute approximate surface area is 177 Å². The van der Waals surface area contributed by atoms with Crippen LogP contribution in [0.3, 0.4) is 0 Å². The van der Waals surface area contributed by atoms with Crippen molar-refractivity contribution < 1.29 is 9.47 Å². The molecule has 4 rings (SSSR count). The molecule has 0 N–H and O–H groups in total. The second kappa shape index (κ2) is 8.67. The molecule has 0 unspecified atom stereocenters. The quantitative estimate of drug-likeness (QED) is 0.393. The summed E-state index contributed by atoms with van der Waals surface area (Å²) in [6.45, 7) is 0. The molecule has 29 heavy (non-hydrogen) atoms. The summed E-state index contributed by atoms with van der Waals surface area (Å²) in [5.41, 5.74) is 3.02. The first-order chi connectivity index (χ1) is 14.2. The van der Waals surface area contributed by atoms with E-state index in [9.17, 15) is 0 Å². The molecule has 8 heteroatoms. The van der Waals surface area contributed by atoms with Gasteiger partial charge < -0.3 is 14.0 Å². The largest absolute Gasteiger partial charge is 0.497 e. The van der Waals surface area contributed by atoms with Crippen molar-refractivity contribution in [1.29, 1.82) is 0 Å². The average Bonchev–Trinajstić information content (AvgIpc) is 3.39. The lowest BCUT2D eigenvalue weighted by atomic mass is 10.2. The number of benzene rings is 2. The van der Waals surface area contributed by atoms with Gasteiger partial charge in [0, 0.05) is 23.7 Å². The minimum absolute atomic E-state index is 0.722. The van der Waals surface area contributed by atoms with Crippen LogP contribution in [-0.4, -0.2) is 34.0 Å². The Kier molecular flexibility index (Phi) is 5.82.